The van der Waals surface area contributed by atoms with E-state index in [9.17, 15) is 0 Å². The predicted molar refractivity (Wildman–Crippen MR) is 66.2 cm³/mol. The lowest BCUT2D eigenvalue weighted by atomic mass is 9.93. The summed E-state index contributed by atoms with van der Waals surface area (Å²) in [5.41, 5.74) is 3.90. The average molecular weight is 212 g/mol. The summed E-state index contributed by atoms with van der Waals surface area (Å²) in [5.74, 6) is 7.18. The molecule has 0 bridgehead atoms. The van der Waals surface area contributed by atoms with Crippen molar-refractivity contribution in [3.8, 4) is 0 Å². The first-order chi connectivity index (χ1) is 6.79. The van der Waals surface area contributed by atoms with Crippen molar-refractivity contribution in [1.82, 2.24) is 5.43 Å². The lowest BCUT2D eigenvalue weighted by Crippen LogP contribution is -2.39. The summed E-state index contributed by atoms with van der Waals surface area (Å²) >= 11 is 0. The summed E-state index contributed by atoms with van der Waals surface area (Å²) in [5, 5.41) is 0. The second kappa shape index (κ2) is 4.06. The van der Waals surface area contributed by atoms with Crippen LogP contribution in [0.3, 0.4) is 0 Å². The predicted octanol–water partition coefficient (Wildman–Crippen LogP) is 2.94. The molecule has 3 N–H and O–H groups in total. The SMILES string of the molecule is CCC(C)CC(NN)C1C(C)(C)C1(C)C. The summed E-state index contributed by atoms with van der Waals surface area (Å²) in [6.07, 6.45) is 2.44. The van der Waals surface area contributed by atoms with E-state index < -0.39 is 0 Å². The van der Waals surface area contributed by atoms with Gasteiger partial charge in [-0.2, -0.15) is 0 Å². The molecule has 0 radical (unpaired) electrons. The quantitative estimate of drug-likeness (QED) is 0.543. The Hall–Kier alpha value is -0.0800. The molecule has 0 aromatic carbocycles. The van der Waals surface area contributed by atoms with Crippen LogP contribution in [0.4, 0.5) is 0 Å². The fourth-order valence-corrected chi connectivity index (χ4v) is 3.15. The van der Waals surface area contributed by atoms with Crippen LogP contribution < -0.4 is 11.3 Å². The molecule has 2 unspecified atom stereocenters. The van der Waals surface area contributed by atoms with Crippen molar-refractivity contribution in [1.29, 1.82) is 0 Å². The van der Waals surface area contributed by atoms with Gasteiger partial charge in [-0.3, -0.25) is 11.3 Å². The highest BCUT2D eigenvalue weighted by molar-refractivity contribution is 5.16. The molecular formula is C13H28N2. The van der Waals surface area contributed by atoms with E-state index in [0.29, 0.717) is 22.8 Å². The Labute approximate surface area is 95.0 Å². The maximum Gasteiger partial charge on any atom is 0.0251 e. The molecule has 1 aliphatic carbocycles. The topological polar surface area (TPSA) is 38.0 Å². The summed E-state index contributed by atoms with van der Waals surface area (Å²) in [7, 11) is 0. The highest BCUT2D eigenvalue weighted by atomic mass is 15.2. The minimum absolute atomic E-state index is 0.428. The van der Waals surface area contributed by atoms with Gasteiger partial charge in [0.05, 0.1) is 0 Å². The Bertz CT molecular complexity index is 207. The Morgan fingerprint density at radius 2 is 1.67 bits per heavy atom. The highest BCUT2D eigenvalue weighted by Gasteiger charge is 2.66. The Morgan fingerprint density at radius 1 is 1.20 bits per heavy atom. The van der Waals surface area contributed by atoms with Gasteiger partial charge in [0.15, 0.2) is 0 Å². The van der Waals surface area contributed by atoms with Crippen LogP contribution in [0.1, 0.15) is 54.4 Å². The van der Waals surface area contributed by atoms with Gasteiger partial charge in [-0.15, -0.1) is 0 Å². The summed E-state index contributed by atoms with van der Waals surface area (Å²) in [6, 6.07) is 0.477. The first-order valence-electron chi connectivity index (χ1n) is 6.25. The van der Waals surface area contributed by atoms with Crippen LogP contribution >= 0.6 is 0 Å². The maximum atomic E-state index is 5.71. The van der Waals surface area contributed by atoms with Gasteiger partial charge in [-0.05, 0) is 29.1 Å². The largest absolute Gasteiger partial charge is 0.271 e. The van der Waals surface area contributed by atoms with E-state index in [1.807, 2.05) is 0 Å². The van der Waals surface area contributed by atoms with Crippen molar-refractivity contribution in [2.24, 2.45) is 28.5 Å². The third kappa shape index (κ3) is 2.07. The molecule has 2 heteroatoms. The van der Waals surface area contributed by atoms with Crippen molar-refractivity contribution < 1.29 is 0 Å². The van der Waals surface area contributed by atoms with Gasteiger partial charge >= 0.3 is 0 Å². The molecule has 0 aliphatic heterocycles. The van der Waals surface area contributed by atoms with Crippen molar-refractivity contribution in [3.63, 3.8) is 0 Å². The molecule has 0 heterocycles. The van der Waals surface area contributed by atoms with Gasteiger partial charge in [0.2, 0.25) is 0 Å². The first-order valence-corrected chi connectivity index (χ1v) is 6.25. The molecule has 0 saturated heterocycles. The Balaban J connectivity index is 2.63. The van der Waals surface area contributed by atoms with Crippen LogP contribution in [-0.4, -0.2) is 6.04 Å². The number of hydrogen-bond acceptors (Lipinski definition) is 2. The molecule has 0 amide bonds. The van der Waals surface area contributed by atoms with E-state index >= 15 is 0 Å². The summed E-state index contributed by atoms with van der Waals surface area (Å²) < 4.78 is 0. The van der Waals surface area contributed by atoms with Crippen LogP contribution in [0.2, 0.25) is 0 Å². The highest BCUT2D eigenvalue weighted by Crippen LogP contribution is 2.70. The molecule has 0 aromatic rings. The van der Waals surface area contributed by atoms with Gasteiger partial charge < -0.3 is 0 Å². The fourth-order valence-electron chi connectivity index (χ4n) is 3.15. The Morgan fingerprint density at radius 3 is 1.93 bits per heavy atom. The molecule has 1 rings (SSSR count). The Kier molecular flexibility index (Phi) is 3.52. The third-order valence-electron chi connectivity index (χ3n) is 5.10. The van der Waals surface area contributed by atoms with Crippen LogP contribution in [-0.2, 0) is 0 Å². The molecule has 0 aromatic heterocycles. The molecule has 1 saturated carbocycles. The van der Waals surface area contributed by atoms with Gasteiger partial charge in [0.25, 0.3) is 0 Å². The van der Waals surface area contributed by atoms with E-state index in [2.05, 4.69) is 47.0 Å². The monoisotopic (exact) mass is 212 g/mol. The summed E-state index contributed by atoms with van der Waals surface area (Å²) in [4.78, 5) is 0. The van der Waals surface area contributed by atoms with Crippen LogP contribution in [0.15, 0.2) is 0 Å². The summed E-state index contributed by atoms with van der Waals surface area (Å²) in [6.45, 7) is 14.0. The van der Waals surface area contributed by atoms with Crippen molar-refractivity contribution in [2.45, 2.75) is 60.4 Å². The smallest absolute Gasteiger partial charge is 0.0251 e. The number of hydrazine groups is 1. The van der Waals surface area contributed by atoms with Crippen LogP contribution in [0.5, 0.6) is 0 Å². The van der Waals surface area contributed by atoms with E-state index in [0.717, 1.165) is 5.92 Å². The molecule has 1 aliphatic rings. The molecular weight excluding hydrogens is 184 g/mol. The molecule has 0 spiro atoms. The number of rotatable bonds is 5. The molecule has 2 atom stereocenters. The van der Waals surface area contributed by atoms with Crippen molar-refractivity contribution in [2.75, 3.05) is 0 Å². The average Bonchev–Trinajstić information content (AvgIpc) is 2.54. The van der Waals surface area contributed by atoms with Gasteiger partial charge in [-0.25, -0.2) is 0 Å². The van der Waals surface area contributed by atoms with E-state index in [1.54, 1.807) is 0 Å². The van der Waals surface area contributed by atoms with Gasteiger partial charge in [-0.1, -0.05) is 48.0 Å². The fraction of sp³-hybridized carbons (Fsp3) is 1.00. The maximum absolute atomic E-state index is 5.71. The zero-order chi connectivity index (χ0) is 11.9. The minimum atomic E-state index is 0.428. The molecule has 2 nitrogen and oxygen atoms in total. The second-order valence-electron chi connectivity index (χ2n) is 6.44. The lowest BCUT2D eigenvalue weighted by molar-refractivity contribution is 0.329. The van der Waals surface area contributed by atoms with Crippen molar-refractivity contribution >= 4 is 0 Å². The van der Waals surface area contributed by atoms with Crippen LogP contribution in [0.25, 0.3) is 0 Å². The molecule has 90 valence electrons. The minimum Gasteiger partial charge on any atom is -0.271 e. The van der Waals surface area contributed by atoms with Gasteiger partial charge in [0, 0.05) is 6.04 Å². The van der Waals surface area contributed by atoms with E-state index in [-0.39, 0.29) is 0 Å². The molecule has 1 fully saturated rings. The van der Waals surface area contributed by atoms with Crippen LogP contribution in [0, 0.1) is 22.7 Å². The second-order valence-corrected chi connectivity index (χ2v) is 6.44. The lowest BCUT2D eigenvalue weighted by Gasteiger charge is -2.21. The number of nitrogens with two attached hydrogens (primary N) is 1. The zero-order valence-electron chi connectivity index (χ0n) is 11.2. The zero-order valence-corrected chi connectivity index (χ0v) is 11.2. The van der Waals surface area contributed by atoms with E-state index in [1.165, 1.54) is 12.8 Å². The normalized spacial score (nSPS) is 27.4. The molecule has 15 heavy (non-hydrogen) atoms. The number of hydrogen-bond donors (Lipinski definition) is 2. The van der Waals surface area contributed by atoms with Crippen molar-refractivity contribution in [3.05, 3.63) is 0 Å². The first kappa shape index (κ1) is 13.0. The van der Waals surface area contributed by atoms with E-state index in [4.69, 9.17) is 5.84 Å². The number of nitrogens with one attached hydrogen (secondary N) is 1. The standard InChI is InChI=1S/C13H28N2/c1-7-9(2)8-10(15-14)11-12(3,4)13(11,5)6/h9-11,15H,7-8,14H2,1-6H3. The van der Waals surface area contributed by atoms with Gasteiger partial charge in [0.1, 0.15) is 0 Å². The third-order valence-corrected chi connectivity index (χ3v) is 5.10.